The standard InChI is InChI=1S/C16H18BO2PS/c1-13-18-17(15-9-5-3-6-10-15)19-14(2)20(13,21)16-11-7-4-8-12-16/h3-14H,1-2H3/t13-,14+,20?. The van der Waals surface area contributed by atoms with Gasteiger partial charge in [0.05, 0.1) is 11.7 Å². The van der Waals surface area contributed by atoms with Crippen LogP contribution < -0.4 is 10.8 Å². The Morgan fingerprint density at radius 3 is 1.86 bits per heavy atom. The molecule has 0 saturated carbocycles. The third-order valence-corrected chi connectivity index (χ3v) is 9.88. The van der Waals surface area contributed by atoms with Crippen molar-refractivity contribution >= 4 is 35.7 Å². The van der Waals surface area contributed by atoms with E-state index in [0.29, 0.717) is 0 Å². The average Bonchev–Trinajstić information content (AvgIpc) is 2.54. The van der Waals surface area contributed by atoms with E-state index in [2.05, 4.69) is 26.0 Å². The quantitative estimate of drug-likeness (QED) is 0.627. The topological polar surface area (TPSA) is 18.5 Å². The molecule has 0 aliphatic carbocycles. The highest BCUT2D eigenvalue weighted by Crippen LogP contribution is 2.57. The maximum absolute atomic E-state index is 6.14. The van der Waals surface area contributed by atoms with Gasteiger partial charge >= 0.3 is 7.12 Å². The Kier molecular flexibility index (Phi) is 4.32. The summed E-state index contributed by atoms with van der Waals surface area (Å²) in [6, 6.07) is 18.4. The molecule has 2 aromatic carbocycles. The molecule has 0 bridgehead atoms. The van der Waals surface area contributed by atoms with E-state index in [0.717, 1.165) is 5.46 Å². The van der Waals surface area contributed by atoms with Crippen LogP contribution in [0.1, 0.15) is 13.8 Å². The van der Waals surface area contributed by atoms with Crippen LogP contribution >= 0.6 is 6.04 Å². The Bertz CT molecular complexity index is 634. The second-order valence-corrected chi connectivity index (χ2v) is 10.5. The van der Waals surface area contributed by atoms with Crippen molar-refractivity contribution in [1.82, 2.24) is 0 Å². The molecule has 3 atom stereocenters. The largest absolute Gasteiger partial charge is 0.494 e. The average molecular weight is 316 g/mol. The predicted molar refractivity (Wildman–Crippen MR) is 93.3 cm³/mol. The van der Waals surface area contributed by atoms with Gasteiger partial charge in [0.1, 0.15) is 0 Å². The molecular weight excluding hydrogens is 298 g/mol. The Labute approximate surface area is 131 Å². The Hall–Kier alpha value is -0.925. The van der Waals surface area contributed by atoms with Gasteiger partial charge in [-0.3, -0.25) is 0 Å². The van der Waals surface area contributed by atoms with E-state index in [-0.39, 0.29) is 18.8 Å². The van der Waals surface area contributed by atoms with Gasteiger partial charge in [-0.2, -0.15) is 0 Å². The van der Waals surface area contributed by atoms with Crippen molar-refractivity contribution in [1.29, 1.82) is 0 Å². The first-order chi connectivity index (χ1) is 10.1. The van der Waals surface area contributed by atoms with Gasteiger partial charge in [-0.1, -0.05) is 72.5 Å². The minimum absolute atomic E-state index is 0.00357. The zero-order valence-electron chi connectivity index (χ0n) is 12.2. The van der Waals surface area contributed by atoms with Crippen LogP contribution in [0, 0.1) is 0 Å². The fraction of sp³-hybridized carbons (Fsp3) is 0.250. The van der Waals surface area contributed by atoms with Crippen LogP contribution in [0.2, 0.25) is 0 Å². The summed E-state index contributed by atoms with van der Waals surface area (Å²) in [5, 5.41) is 1.19. The van der Waals surface area contributed by atoms with Crippen molar-refractivity contribution in [2.45, 2.75) is 25.5 Å². The maximum Gasteiger partial charge on any atom is 0.494 e. The SMILES string of the molecule is C[C@@H]1OB(c2ccccc2)O[C@H](C)P1(=S)c1ccccc1. The molecule has 1 fully saturated rings. The molecule has 1 heterocycles. The monoisotopic (exact) mass is 316 g/mol. The van der Waals surface area contributed by atoms with Gasteiger partial charge in [-0.05, 0) is 24.6 Å². The number of benzene rings is 2. The summed E-state index contributed by atoms with van der Waals surface area (Å²) in [5.41, 5.74) is 1.05. The van der Waals surface area contributed by atoms with E-state index in [4.69, 9.17) is 21.1 Å². The van der Waals surface area contributed by atoms with Crippen LogP contribution in [0.5, 0.6) is 0 Å². The van der Waals surface area contributed by atoms with E-state index in [1.165, 1.54) is 5.30 Å². The lowest BCUT2D eigenvalue weighted by Crippen LogP contribution is -2.48. The number of rotatable bonds is 2. The Balaban J connectivity index is 1.90. The lowest BCUT2D eigenvalue weighted by atomic mass is 9.79. The van der Waals surface area contributed by atoms with Crippen LogP contribution in [-0.4, -0.2) is 18.8 Å². The van der Waals surface area contributed by atoms with Gasteiger partial charge < -0.3 is 9.31 Å². The second-order valence-electron chi connectivity index (χ2n) is 5.26. The molecule has 1 aliphatic heterocycles. The zero-order valence-corrected chi connectivity index (χ0v) is 13.9. The summed E-state index contributed by atoms with van der Waals surface area (Å²) in [6.45, 7) is 4.17. The molecule has 3 rings (SSSR count). The van der Waals surface area contributed by atoms with Crippen molar-refractivity contribution in [2.75, 3.05) is 0 Å². The highest BCUT2D eigenvalue weighted by atomic mass is 32.4. The van der Waals surface area contributed by atoms with Crippen molar-refractivity contribution in [3.05, 3.63) is 60.7 Å². The van der Waals surface area contributed by atoms with Gasteiger partial charge in [0.15, 0.2) is 0 Å². The van der Waals surface area contributed by atoms with Gasteiger partial charge in [0, 0.05) is 6.04 Å². The second kappa shape index (κ2) is 6.06. The van der Waals surface area contributed by atoms with Gasteiger partial charge in [-0.25, -0.2) is 0 Å². The van der Waals surface area contributed by atoms with E-state index in [1.807, 2.05) is 48.5 Å². The fourth-order valence-electron chi connectivity index (χ4n) is 2.71. The van der Waals surface area contributed by atoms with Crippen molar-refractivity contribution in [2.24, 2.45) is 0 Å². The molecule has 1 unspecified atom stereocenters. The van der Waals surface area contributed by atoms with Crippen LogP contribution in [0.3, 0.4) is 0 Å². The summed E-state index contributed by atoms with van der Waals surface area (Å²) in [7, 11) is -0.323. The van der Waals surface area contributed by atoms with Crippen LogP contribution in [0.15, 0.2) is 60.7 Å². The molecule has 0 N–H and O–H groups in total. The predicted octanol–water partition coefficient (Wildman–Crippen LogP) is 2.93. The fourth-order valence-corrected chi connectivity index (χ4v) is 6.03. The van der Waals surface area contributed by atoms with Crippen molar-refractivity contribution < 1.29 is 9.31 Å². The highest BCUT2D eigenvalue weighted by molar-refractivity contribution is 8.18. The molecule has 0 radical (unpaired) electrons. The first-order valence-electron chi connectivity index (χ1n) is 7.13. The molecular formula is C16H18BO2PS. The van der Waals surface area contributed by atoms with E-state index >= 15 is 0 Å². The molecule has 0 amide bonds. The first-order valence-corrected chi connectivity index (χ1v) is 10.1. The van der Waals surface area contributed by atoms with Crippen molar-refractivity contribution in [3.63, 3.8) is 0 Å². The van der Waals surface area contributed by atoms with Gasteiger partial charge in [0.2, 0.25) is 0 Å². The molecule has 1 saturated heterocycles. The third-order valence-electron chi connectivity index (χ3n) is 3.95. The highest BCUT2D eigenvalue weighted by Gasteiger charge is 2.44. The minimum Gasteiger partial charge on any atom is -0.400 e. The minimum atomic E-state index is -1.92. The van der Waals surface area contributed by atoms with E-state index in [9.17, 15) is 0 Å². The molecule has 21 heavy (non-hydrogen) atoms. The van der Waals surface area contributed by atoms with Crippen LogP contribution in [0.25, 0.3) is 0 Å². The molecule has 5 heteroatoms. The van der Waals surface area contributed by atoms with Gasteiger partial charge in [0.25, 0.3) is 0 Å². The molecule has 2 nitrogen and oxygen atoms in total. The van der Waals surface area contributed by atoms with E-state index < -0.39 is 6.04 Å². The van der Waals surface area contributed by atoms with Crippen LogP contribution in [-0.2, 0) is 21.1 Å². The Morgan fingerprint density at radius 1 is 0.857 bits per heavy atom. The summed E-state index contributed by atoms with van der Waals surface area (Å²) in [6.07, 6.45) is 0. The molecule has 0 aromatic heterocycles. The zero-order chi connectivity index (χ0) is 14.9. The summed E-state index contributed by atoms with van der Waals surface area (Å²) >= 11 is 6.03. The lowest BCUT2D eigenvalue weighted by Gasteiger charge is -2.41. The normalized spacial score (nSPS) is 29.3. The molecule has 2 aromatic rings. The summed E-state index contributed by atoms with van der Waals surface area (Å²) < 4.78 is 12.3. The first kappa shape index (κ1) is 15.0. The molecule has 1 aliphatic rings. The third kappa shape index (κ3) is 2.74. The lowest BCUT2D eigenvalue weighted by molar-refractivity contribution is 0.162. The van der Waals surface area contributed by atoms with Crippen LogP contribution in [0.4, 0.5) is 0 Å². The molecule has 0 spiro atoms. The summed E-state index contributed by atoms with van der Waals surface area (Å²) in [4.78, 5) is 0. The smallest absolute Gasteiger partial charge is 0.400 e. The summed E-state index contributed by atoms with van der Waals surface area (Å²) in [5.74, 6) is 0.00714. The van der Waals surface area contributed by atoms with E-state index in [1.54, 1.807) is 0 Å². The number of hydrogen-bond donors (Lipinski definition) is 0. The van der Waals surface area contributed by atoms with Gasteiger partial charge in [-0.15, -0.1) is 0 Å². The van der Waals surface area contributed by atoms with Crippen molar-refractivity contribution in [3.8, 4) is 0 Å². The number of hydrogen-bond acceptors (Lipinski definition) is 3. The maximum atomic E-state index is 6.14. The molecule has 108 valence electrons. The Morgan fingerprint density at radius 2 is 1.33 bits per heavy atom.